The summed E-state index contributed by atoms with van der Waals surface area (Å²) in [6.45, 7) is 0.473. The molecule has 0 radical (unpaired) electrons. The second kappa shape index (κ2) is 6.65. The molecule has 7 heteroatoms. The normalized spacial score (nSPS) is 20.1. The Kier molecular flexibility index (Phi) is 4.44. The SMILES string of the molecule is COc1ccccc1[C@@H]1CCCN1S(=O)(=O)c1ccc2c(c1)CC(=O)N2C. The number of ether oxygens (including phenoxy) is 1. The van der Waals surface area contributed by atoms with Crippen LogP contribution >= 0.6 is 0 Å². The largest absolute Gasteiger partial charge is 0.496 e. The van der Waals surface area contributed by atoms with Crippen LogP contribution in [0, 0.1) is 0 Å². The molecule has 1 fully saturated rings. The number of carbonyl (C=O) groups excluding carboxylic acids is 1. The van der Waals surface area contributed by atoms with Crippen LogP contribution in [0.15, 0.2) is 47.4 Å². The van der Waals surface area contributed by atoms with Gasteiger partial charge in [0.25, 0.3) is 0 Å². The number of likely N-dealkylation sites (N-methyl/N-ethyl adjacent to an activating group) is 1. The first-order valence-electron chi connectivity index (χ1n) is 8.97. The minimum absolute atomic E-state index is 0.0207. The monoisotopic (exact) mass is 386 g/mol. The van der Waals surface area contributed by atoms with Crippen LogP contribution in [-0.4, -0.2) is 39.3 Å². The first-order chi connectivity index (χ1) is 12.9. The zero-order valence-corrected chi connectivity index (χ0v) is 16.2. The van der Waals surface area contributed by atoms with Crippen LogP contribution < -0.4 is 9.64 Å². The molecule has 0 aliphatic carbocycles. The van der Waals surface area contributed by atoms with Crippen LogP contribution in [0.5, 0.6) is 5.75 Å². The van der Waals surface area contributed by atoms with Gasteiger partial charge >= 0.3 is 0 Å². The molecular weight excluding hydrogens is 364 g/mol. The number of methoxy groups -OCH3 is 1. The summed E-state index contributed by atoms with van der Waals surface area (Å²) in [6, 6.07) is 12.3. The minimum Gasteiger partial charge on any atom is -0.496 e. The van der Waals surface area contributed by atoms with E-state index in [-0.39, 0.29) is 23.3 Å². The Balaban J connectivity index is 1.72. The third-order valence-electron chi connectivity index (χ3n) is 5.44. The molecule has 0 spiro atoms. The lowest BCUT2D eigenvalue weighted by atomic mass is 10.0. The number of para-hydroxylation sites is 1. The fraction of sp³-hybridized carbons (Fsp3) is 0.350. The lowest BCUT2D eigenvalue weighted by molar-refractivity contribution is -0.117. The van der Waals surface area contributed by atoms with Crippen molar-refractivity contribution in [1.82, 2.24) is 4.31 Å². The first kappa shape index (κ1) is 18.0. The number of hydrogen-bond acceptors (Lipinski definition) is 4. The Morgan fingerprint density at radius 1 is 1.15 bits per heavy atom. The molecule has 2 aromatic rings. The van der Waals surface area contributed by atoms with Gasteiger partial charge in [-0.05, 0) is 42.7 Å². The minimum atomic E-state index is -3.67. The predicted molar refractivity (Wildman–Crippen MR) is 102 cm³/mol. The second-order valence-electron chi connectivity index (χ2n) is 6.94. The maximum Gasteiger partial charge on any atom is 0.243 e. The van der Waals surface area contributed by atoms with Gasteiger partial charge in [-0.1, -0.05) is 18.2 Å². The van der Waals surface area contributed by atoms with Gasteiger partial charge in [-0.25, -0.2) is 8.42 Å². The number of amides is 1. The first-order valence-corrected chi connectivity index (χ1v) is 10.4. The van der Waals surface area contributed by atoms with E-state index in [1.807, 2.05) is 24.3 Å². The summed E-state index contributed by atoms with van der Waals surface area (Å²) in [5.74, 6) is 0.679. The zero-order valence-electron chi connectivity index (χ0n) is 15.4. The summed E-state index contributed by atoms with van der Waals surface area (Å²) < 4.78 is 33.7. The number of benzene rings is 2. The van der Waals surface area contributed by atoms with Crippen molar-refractivity contribution in [2.45, 2.75) is 30.2 Å². The predicted octanol–water partition coefficient (Wildman–Crippen LogP) is 2.74. The quantitative estimate of drug-likeness (QED) is 0.810. The number of carbonyl (C=O) groups is 1. The smallest absolute Gasteiger partial charge is 0.243 e. The molecule has 1 atom stereocenters. The average molecular weight is 386 g/mol. The molecule has 2 aliphatic heterocycles. The highest BCUT2D eigenvalue weighted by atomic mass is 32.2. The summed E-state index contributed by atoms with van der Waals surface area (Å²) in [5.41, 5.74) is 2.43. The molecule has 4 rings (SSSR count). The van der Waals surface area contributed by atoms with Crippen molar-refractivity contribution in [3.8, 4) is 5.75 Å². The van der Waals surface area contributed by atoms with Gasteiger partial charge in [-0.3, -0.25) is 4.79 Å². The van der Waals surface area contributed by atoms with Gasteiger partial charge in [0.1, 0.15) is 5.75 Å². The lowest BCUT2D eigenvalue weighted by Crippen LogP contribution is -2.31. The van der Waals surface area contributed by atoms with E-state index in [2.05, 4.69) is 0 Å². The van der Waals surface area contributed by atoms with Gasteiger partial charge < -0.3 is 9.64 Å². The van der Waals surface area contributed by atoms with Crippen LogP contribution in [0.3, 0.4) is 0 Å². The summed E-state index contributed by atoms with van der Waals surface area (Å²) in [5, 5.41) is 0. The molecule has 2 aromatic carbocycles. The molecule has 6 nitrogen and oxygen atoms in total. The maximum absolute atomic E-state index is 13.4. The van der Waals surface area contributed by atoms with E-state index in [9.17, 15) is 13.2 Å². The molecule has 142 valence electrons. The number of hydrogen-bond donors (Lipinski definition) is 0. The molecule has 0 aromatic heterocycles. The van der Waals surface area contributed by atoms with Crippen molar-refractivity contribution in [2.24, 2.45) is 0 Å². The van der Waals surface area contributed by atoms with Crippen LogP contribution in [-0.2, 0) is 21.2 Å². The van der Waals surface area contributed by atoms with Gasteiger partial charge in [0, 0.05) is 24.8 Å². The Labute approximate surface area is 159 Å². The molecular formula is C20H22N2O4S. The Bertz CT molecular complexity index is 1000. The standard InChI is InChI=1S/C20H22N2O4S/c1-21-17-10-9-15(12-14(17)13-20(21)23)27(24,25)22-11-5-7-18(22)16-6-3-4-8-19(16)26-2/h3-4,6,8-10,12,18H,5,7,11,13H2,1-2H3/t18-/m0/s1. The molecule has 1 amide bonds. The molecule has 0 N–H and O–H groups in total. The van der Waals surface area contributed by atoms with Crippen molar-refractivity contribution in [2.75, 3.05) is 25.6 Å². The topological polar surface area (TPSA) is 66.9 Å². The highest BCUT2D eigenvalue weighted by Crippen LogP contribution is 2.41. The van der Waals surface area contributed by atoms with E-state index >= 15 is 0 Å². The van der Waals surface area contributed by atoms with E-state index in [1.165, 1.54) is 0 Å². The number of sulfonamides is 1. The van der Waals surface area contributed by atoms with Gasteiger partial charge in [0.05, 0.1) is 24.5 Å². The highest BCUT2D eigenvalue weighted by molar-refractivity contribution is 7.89. The van der Waals surface area contributed by atoms with Crippen molar-refractivity contribution in [3.63, 3.8) is 0 Å². The van der Waals surface area contributed by atoms with Crippen LogP contribution in [0.1, 0.15) is 30.0 Å². The van der Waals surface area contributed by atoms with Crippen molar-refractivity contribution < 1.29 is 17.9 Å². The zero-order chi connectivity index (χ0) is 19.2. The number of anilines is 1. The highest BCUT2D eigenvalue weighted by Gasteiger charge is 2.38. The summed E-state index contributed by atoms with van der Waals surface area (Å²) >= 11 is 0. The molecule has 0 saturated carbocycles. The van der Waals surface area contributed by atoms with Gasteiger partial charge in [0.2, 0.25) is 15.9 Å². The fourth-order valence-electron chi connectivity index (χ4n) is 4.02. The Morgan fingerprint density at radius 3 is 2.70 bits per heavy atom. The van der Waals surface area contributed by atoms with Gasteiger partial charge in [0.15, 0.2) is 0 Å². The average Bonchev–Trinajstić information content (AvgIpc) is 3.27. The Hall–Kier alpha value is -2.38. The van der Waals surface area contributed by atoms with Crippen molar-refractivity contribution in [3.05, 3.63) is 53.6 Å². The number of nitrogens with zero attached hydrogens (tertiary/aromatic N) is 2. The maximum atomic E-state index is 13.4. The molecule has 27 heavy (non-hydrogen) atoms. The molecule has 2 heterocycles. The van der Waals surface area contributed by atoms with E-state index in [0.29, 0.717) is 12.3 Å². The molecule has 2 aliphatic rings. The molecule has 1 saturated heterocycles. The van der Waals surface area contributed by atoms with E-state index in [1.54, 1.807) is 41.6 Å². The second-order valence-corrected chi connectivity index (χ2v) is 8.83. The van der Waals surface area contributed by atoms with E-state index < -0.39 is 10.0 Å². The van der Waals surface area contributed by atoms with Crippen molar-refractivity contribution in [1.29, 1.82) is 0 Å². The summed E-state index contributed by atoms with van der Waals surface area (Å²) in [7, 11) is -0.363. The van der Waals surface area contributed by atoms with E-state index in [0.717, 1.165) is 29.7 Å². The fourth-order valence-corrected chi connectivity index (χ4v) is 5.75. The Morgan fingerprint density at radius 2 is 1.93 bits per heavy atom. The van der Waals surface area contributed by atoms with Crippen LogP contribution in [0.25, 0.3) is 0 Å². The summed E-state index contributed by atoms with van der Waals surface area (Å²) in [6.07, 6.45) is 1.80. The number of rotatable bonds is 4. The van der Waals surface area contributed by atoms with Gasteiger partial charge in [-0.15, -0.1) is 0 Å². The van der Waals surface area contributed by atoms with E-state index in [4.69, 9.17) is 4.74 Å². The number of fused-ring (bicyclic) bond motifs is 1. The molecule has 0 bridgehead atoms. The molecule has 0 unspecified atom stereocenters. The third kappa shape index (κ3) is 2.91. The van der Waals surface area contributed by atoms with Crippen LogP contribution in [0.4, 0.5) is 5.69 Å². The van der Waals surface area contributed by atoms with Crippen LogP contribution in [0.2, 0.25) is 0 Å². The van der Waals surface area contributed by atoms with Gasteiger partial charge in [-0.2, -0.15) is 4.31 Å². The third-order valence-corrected chi connectivity index (χ3v) is 7.34. The lowest BCUT2D eigenvalue weighted by Gasteiger charge is -2.26. The van der Waals surface area contributed by atoms with Crippen molar-refractivity contribution >= 4 is 21.6 Å². The summed E-state index contributed by atoms with van der Waals surface area (Å²) in [4.78, 5) is 13.7.